The van der Waals surface area contributed by atoms with Gasteiger partial charge in [-0.1, -0.05) is 54.2 Å². The van der Waals surface area contributed by atoms with Gasteiger partial charge in [0.25, 0.3) is 5.91 Å². The van der Waals surface area contributed by atoms with Crippen molar-refractivity contribution in [3.05, 3.63) is 88.3 Å². The van der Waals surface area contributed by atoms with Crippen LogP contribution < -0.4 is 16.0 Å². The van der Waals surface area contributed by atoms with Gasteiger partial charge < -0.3 is 16.0 Å². The highest BCUT2D eigenvalue weighted by atomic mass is 32.2. The molecule has 2 heterocycles. The SMILES string of the molecule is CC(=O)Nc1cc(N=C2SC(=C3Sc4ccccc4N3C)C(=O)N2Cc2ccccc2)ccc1N. The summed E-state index contributed by atoms with van der Waals surface area (Å²) >= 11 is 2.95. The van der Waals surface area contributed by atoms with Gasteiger partial charge >= 0.3 is 0 Å². The smallest absolute Gasteiger partial charge is 0.269 e. The first kappa shape index (κ1) is 23.1. The molecule has 176 valence electrons. The molecule has 0 spiro atoms. The molecule has 0 bridgehead atoms. The van der Waals surface area contributed by atoms with E-state index in [1.165, 1.54) is 18.7 Å². The van der Waals surface area contributed by atoms with Gasteiger partial charge in [-0.15, -0.1) is 0 Å². The zero-order valence-corrected chi connectivity index (χ0v) is 20.8. The zero-order chi connectivity index (χ0) is 24.5. The van der Waals surface area contributed by atoms with E-state index in [4.69, 9.17) is 10.7 Å². The summed E-state index contributed by atoms with van der Waals surface area (Å²) in [4.78, 5) is 35.6. The first-order valence-electron chi connectivity index (χ1n) is 10.9. The monoisotopic (exact) mass is 501 g/mol. The van der Waals surface area contributed by atoms with Gasteiger partial charge in [0.05, 0.1) is 34.3 Å². The number of nitrogen functional groups attached to an aromatic ring is 1. The van der Waals surface area contributed by atoms with E-state index >= 15 is 0 Å². The Balaban J connectivity index is 1.55. The number of amides is 2. The Morgan fingerprint density at radius 2 is 1.77 bits per heavy atom. The fraction of sp³-hybridized carbons (Fsp3) is 0.115. The molecule has 0 atom stereocenters. The molecule has 2 amide bonds. The molecule has 9 heteroatoms. The Labute approximate surface area is 212 Å². The van der Waals surface area contributed by atoms with E-state index in [9.17, 15) is 9.59 Å². The molecule has 0 aromatic heterocycles. The lowest BCUT2D eigenvalue weighted by Crippen LogP contribution is -2.29. The van der Waals surface area contributed by atoms with Crippen molar-refractivity contribution in [3.63, 3.8) is 0 Å². The van der Waals surface area contributed by atoms with Gasteiger partial charge in [0.15, 0.2) is 5.17 Å². The molecule has 0 radical (unpaired) electrons. The molecule has 1 fully saturated rings. The minimum absolute atomic E-state index is 0.0858. The number of thioether (sulfide) groups is 2. The topological polar surface area (TPSA) is 91.0 Å². The van der Waals surface area contributed by atoms with Crippen LogP contribution in [-0.4, -0.2) is 28.9 Å². The van der Waals surface area contributed by atoms with Crippen LogP contribution in [0.4, 0.5) is 22.7 Å². The molecule has 5 rings (SSSR count). The molecule has 0 aliphatic carbocycles. The molecule has 2 aliphatic rings. The molecule has 7 nitrogen and oxygen atoms in total. The Bertz CT molecular complexity index is 1390. The zero-order valence-electron chi connectivity index (χ0n) is 19.2. The number of benzene rings is 3. The Morgan fingerprint density at radius 3 is 2.51 bits per heavy atom. The van der Waals surface area contributed by atoms with E-state index in [0.717, 1.165) is 21.2 Å². The third-order valence-electron chi connectivity index (χ3n) is 5.55. The van der Waals surface area contributed by atoms with Crippen LogP contribution in [0.5, 0.6) is 0 Å². The van der Waals surface area contributed by atoms with Crippen LogP contribution in [0.1, 0.15) is 12.5 Å². The average Bonchev–Trinajstić information content (AvgIpc) is 3.33. The molecule has 3 aromatic carbocycles. The van der Waals surface area contributed by atoms with Gasteiger partial charge in [-0.2, -0.15) is 0 Å². The number of anilines is 3. The number of carbonyl (C=O) groups is 2. The van der Waals surface area contributed by atoms with Crippen LogP contribution in [0.25, 0.3) is 0 Å². The van der Waals surface area contributed by atoms with Crippen molar-refractivity contribution in [2.24, 2.45) is 4.99 Å². The molecular formula is C26H23N5O2S2. The average molecular weight is 502 g/mol. The molecule has 3 aromatic rings. The predicted molar refractivity (Wildman–Crippen MR) is 145 cm³/mol. The first-order valence-corrected chi connectivity index (χ1v) is 12.6. The van der Waals surface area contributed by atoms with Crippen LogP contribution in [-0.2, 0) is 16.1 Å². The maximum atomic E-state index is 13.7. The molecule has 0 saturated carbocycles. The number of carbonyl (C=O) groups excluding carboxylic acids is 2. The lowest BCUT2D eigenvalue weighted by atomic mass is 10.2. The van der Waals surface area contributed by atoms with Gasteiger partial charge in [0.2, 0.25) is 5.91 Å². The maximum absolute atomic E-state index is 13.7. The van der Waals surface area contributed by atoms with Gasteiger partial charge in [0.1, 0.15) is 4.91 Å². The van der Waals surface area contributed by atoms with Gasteiger partial charge in [-0.05, 0) is 47.7 Å². The highest BCUT2D eigenvalue weighted by Gasteiger charge is 2.39. The summed E-state index contributed by atoms with van der Waals surface area (Å²) in [5.41, 5.74) is 9.63. The number of rotatable bonds is 4. The van der Waals surface area contributed by atoms with Crippen molar-refractivity contribution in [2.75, 3.05) is 23.0 Å². The fourth-order valence-corrected chi connectivity index (χ4v) is 6.19. The molecule has 2 aliphatic heterocycles. The summed E-state index contributed by atoms with van der Waals surface area (Å²) in [6.45, 7) is 1.83. The summed E-state index contributed by atoms with van der Waals surface area (Å²) in [5.74, 6) is -0.303. The van der Waals surface area contributed by atoms with Crippen molar-refractivity contribution in [1.82, 2.24) is 4.90 Å². The van der Waals surface area contributed by atoms with Gasteiger partial charge in [0, 0.05) is 18.9 Å². The van der Waals surface area contributed by atoms with E-state index in [-0.39, 0.29) is 11.8 Å². The predicted octanol–water partition coefficient (Wildman–Crippen LogP) is 5.40. The highest BCUT2D eigenvalue weighted by Crippen LogP contribution is 2.50. The van der Waals surface area contributed by atoms with E-state index < -0.39 is 0 Å². The minimum Gasteiger partial charge on any atom is -0.397 e. The standard InChI is InChI=1S/C26H23N5O2S2/c1-16(32)28-20-14-18(12-13-19(20)27)29-26-31(15-17-8-4-3-5-9-17)24(33)23(35-26)25-30(2)21-10-6-7-11-22(21)34-25/h3-14H,15,27H2,1-2H3,(H,28,32). The van der Waals surface area contributed by atoms with Crippen LogP contribution in [0, 0.1) is 0 Å². The van der Waals surface area contributed by atoms with Crippen molar-refractivity contribution < 1.29 is 9.59 Å². The van der Waals surface area contributed by atoms with Gasteiger partial charge in [-0.25, -0.2) is 4.99 Å². The maximum Gasteiger partial charge on any atom is 0.269 e. The largest absolute Gasteiger partial charge is 0.397 e. The summed E-state index contributed by atoms with van der Waals surface area (Å²) in [6, 6.07) is 23.1. The number of hydrogen-bond donors (Lipinski definition) is 2. The molecule has 0 unspecified atom stereocenters. The second-order valence-electron chi connectivity index (χ2n) is 8.09. The lowest BCUT2D eigenvalue weighted by Gasteiger charge is -2.17. The normalized spacial score (nSPS) is 18.3. The van der Waals surface area contributed by atoms with E-state index in [1.807, 2.05) is 49.5 Å². The van der Waals surface area contributed by atoms with Crippen LogP contribution in [0.15, 0.2) is 92.6 Å². The quantitative estimate of drug-likeness (QED) is 0.367. The number of fused-ring (bicyclic) bond motifs is 1. The number of hydrogen-bond acceptors (Lipinski definition) is 7. The van der Waals surface area contributed by atoms with Crippen LogP contribution in [0.2, 0.25) is 0 Å². The van der Waals surface area contributed by atoms with E-state index in [1.54, 1.807) is 34.9 Å². The van der Waals surface area contributed by atoms with Crippen LogP contribution >= 0.6 is 23.5 Å². The van der Waals surface area contributed by atoms with Crippen LogP contribution in [0.3, 0.4) is 0 Å². The van der Waals surface area contributed by atoms with Crippen molar-refractivity contribution in [1.29, 1.82) is 0 Å². The third kappa shape index (κ3) is 4.65. The number of nitrogens with two attached hydrogens (primary N) is 1. The molecule has 35 heavy (non-hydrogen) atoms. The number of aliphatic imine (C=N–C) groups is 1. The lowest BCUT2D eigenvalue weighted by molar-refractivity contribution is -0.122. The van der Waals surface area contributed by atoms with Gasteiger partial charge in [-0.3, -0.25) is 14.5 Å². The first-order chi connectivity index (χ1) is 16.9. The van der Waals surface area contributed by atoms with E-state index in [0.29, 0.717) is 33.7 Å². The minimum atomic E-state index is -0.217. The second kappa shape index (κ2) is 9.52. The van der Waals surface area contributed by atoms with Crippen molar-refractivity contribution >= 4 is 63.3 Å². The highest BCUT2D eigenvalue weighted by molar-refractivity contribution is 8.19. The summed E-state index contributed by atoms with van der Waals surface area (Å²) in [7, 11) is 1.98. The third-order valence-corrected chi connectivity index (χ3v) is 7.98. The molecule has 3 N–H and O–H groups in total. The second-order valence-corrected chi connectivity index (χ2v) is 10.1. The number of para-hydroxylation sites is 1. The van der Waals surface area contributed by atoms with Crippen molar-refractivity contribution in [2.45, 2.75) is 18.4 Å². The Hall–Kier alpha value is -3.69. The summed E-state index contributed by atoms with van der Waals surface area (Å²) in [5, 5.41) is 4.19. The van der Waals surface area contributed by atoms with E-state index in [2.05, 4.69) is 22.3 Å². The Morgan fingerprint density at radius 1 is 1.03 bits per heavy atom. The number of amidine groups is 1. The number of nitrogens with one attached hydrogen (secondary N) is 1. The number of nitrogens with zero attached hydrogens (tertiary/aromatic N) is 3. The fourth-order valence-electron chi connectivity index (χ4n) is 3.85. The summed E-state index contributed by atoms with van der Waals surface area (Å²) in [6.07, 6.45) is 0. The molecular weight excluding hydrogens is 478 g/mol. The molecule has 1 saturated heterocycles. The Kier molecular flexibility index (Phi) is 6.27. The summed E-state index contributed by atoms with van der Waals surface area (Å²) < 4.78 is 0. The van der Waals surface area contributed by atoms with Crippen molar-refractivity contribution in [3.8, 4) is 0 Å².